The number of ether oxygens (including phenoxy) is 1. The van der Waals surface area contributed by atoms with Gasteiger partial charge in [0.15, 0.2) is 0 Å². The first-order valence-corrected chi connectivity index (χ1v) is 7.29. The molecular weight excluding hydrogens is 332 g/mol. The van der Waals surface area contributed by atoms with Gasteiger partial charge in [-0.3, -0.25) is 9.97 Å². The average molecular weight is 345 g/mol. The van der Waals surface area contributed by atoms with Crippen molar-refractivity contribution < 1.29 is 9.84 Å². The van der Waals surface area contributed by atoms with Crippen molar-refractivity contribution in [3.8, 4) is 5.75 Å². The third kappa shape index (κ3) is 3.37. The lowest BCUT2D eigenvalue weighted by Crippen LogP contribution is -2.09. The molecule has 4 nitrogen and oxygen atoms in total. The molecular formula is C16H13BrN2O2. The van der Waals surface area contributed by atoms with Gasteiger partial charge in [-0.25, -0.2) is 0 Å². The molecule has 0 radical (unpaired) electrons. The van der Waals surface area contributed by atoms with Crippen molar-refractivity contribution in [1.82, 2.24) is 9.97 Å². The molecule has 1 heterocycles. The molecule has 3 rings (SSSR count). The monoisotopic (exact) mass is 344 g/mol. The number of halogens is 1. The third-order valence-electron chi connectivity index (χ3n) is 3.08. The van der Waals surface area contributed by atoms with Crippen LogP contribution in [0.4, 0.5) is 0 Å². The molecule has 0 aliphatic carbocycles. The summed E-state index contributed by atoms with van der Waals surface area (Å²) < 4.78 is 6.57. The number of fused-ring (bicyclic) bond motifs is 1. The molecule has 0 aliphatic heterocycles. The maximum Gasteiger partial charge on any atom is 0.121 e. The molecule has 2 aromatic carbocycles. The molecule has 1 unspecified atom stereocenters. The van der Waals surface area contributed by atoms with Crippen molar-refractivity contribution in [2.75, 3.05) is 6.61 Å². The minimum absolute atomic E-state index is 0.183. The minimum atomic E-state index is -0.681. The Morgan fingerprint density at radius 3 is 2.67 bits per heavy atom. The second kappa shape index (κ2) is 6.20. The second-order valence-corrected chi connectivity index (χ2v) is 5.50. The van der Waals surface area contributed by atoms with Gasteiger partial charge < -0.3 is 9.84 Å². The lowest BCUT2D eigenvalue weighted by atomic mass is 10.1. The minimum Gasteiger partial charge on any atom is -0.490 e. The van der Waals surface area contributed by atoms with E-state index < -0.39 is 6.10 Å². The van der Waals surface area contributed by atoms with Crippen LogP contribution in [-0.2, 0) is 0 Å². The number of hydrogen-bond acceptors (Lipinski definition) is 4. The number of benzene rings is 2. The average Bonchev–Trinajstić information content (AvgIpc) is 2.52. The first kappa shape index (κ1) is 14.0. The molecule has 0 spiro atoms. The fourth-order valence-electron chi connectivity index (χ4n) is 2.02. The largest absolute Gasteiger partial charge is 0.490 e. The summed E-state index contributed by atoms with van der Waals surface area (Å²) in [6.45, 7) is 0.183. The predicted molar refractivity (Wildman–Crippen MR) is 84.1 cm³/mol. The summed E-state index contributed by atoms with van der Waals surface area (Å²) in [5.74, 6) is 0.664. The molecule has 0 bridgehead atoms. The zero-order valence-corrected chi connectivity index (χ0v) is 12.7. The molecule has 1 aromatic heterocycles. The number of nitrogens with zero attached hydrogens (tertiary/aromatic N) is 2. The lowest BCUT2D eigenvalue weighted by molar-refractivity contribution is 0.108. The molecule has 106 valence electrons. The Bertz CT molecular complexity index is 764. The molecule has 0 saturated heterocycles. The summed E-state index contributed by atoms with van der Waals surface area (Å²) in [5.41, 5.74) is 2.40. The SMILES string of the molecule is OC(COc1ccc2nccnc2c1)c1cccc(Br)c1. The van der Waals surface area contributed by atoms with Gasteiger partial charge in [-0.15, -0.1) is 0 Å². The van der Waals surface area contributed by atoms with E-state index in [0.29, 0.717) is 5.75 Å². The number of aromatic nitrogens is 2. The van der Waals surface area contributed by atoms with Crippen LogP contribution in [0.25, 0.3) is 11.0 Å². The number of hydrogen-bond donors (Lipinski definition) is 1. The van der Waals surface area contributed by atoms with Crippen LogP contribution < -0.4 is 4.74 Å². The standard InChI is InChI=1S/C16H13BrN2O2/c17-12-3-1-2-11(8-12)16(20)10-21-13-4-5-14-15(9-13)19-7-6-18-14/h1-9,16,20H,10H2. The van der Waals surface area contributed by atoms with Gasteiger partial charge in [0.25, 0.3) is 0 Å². The second-order valence-electron chi connectivity index (χ2n) is 4.59. The highest BCUT2D eigenvalue weighted by Gasteiger charge is 2.09. The van der Waals surface area contributed by atoms with Crippen LogP contribution in [0.5, 0.6) is 5.75 Å². The predicted octanol–water partition coefficient (Wildman–Crippen LogP) is 3.50. The highest BCUT2D eigenvalue weighted by molar-refractivity contribution is 9.10. The topological polar surface area (TPSA) is 55.2 Å². The fraction of sp³-hybridized carbons (Fsp3) is 0.125. The highest BCUT2D eigenvalue weighted by Crippen LogP contribution is 2.21. The zero-order chi connectivity index (χ0) is 14.7. The van der Waals surface area contributed by atoms with Crippen molar-refractivity contribution >= 4 is 27.0 Å². The molecule has 0 fully saturated rings. The van der Waals surface area contributed by atoms with Gasteiger partial charge in [0.1, 0.15) is 18.5 Å². The van der Waals surface area contributed by atoms with Crippen LogP contribution in [0.2, 0.25) is 0 Å². The van der Waals surface area contributed by atoms with Crippen LogP contribution in [-0.4, -0.2) is 21.7 Å². The lowest BCUT2D eigenvalue weighted by Gasteiger charge is -2.13. The number of rotatable bonds is 4. The Balaban J connectivity index is 1.71. The summed E-state index contributed by atoms with van der Waals surface area (Å²) in [5, 5.41) is 10.1. The highest BCUT2D eigenvalue weighted by atomic mass is 79.9. The Kier molecular flexibility index (Phi) is 4.13. The molecule has 0 aliphatic rings. The van der Waals surface area contributed by atoms with Crippen LogP contribution in [0.3, 0.4) is 0 Å². The Hall–Kier alpha value is -1.98. The van der Waals surface area contributed by atoms with E-state index in [1.807, 2.05) is 42.5 Å². The van der Waals surface area contributed by atoms with Crippen molar-refractivity contribution in [1.29, 1.82) is 0 Å². The summed E-state index contributed by atoms with van der Waals surface area (Å²) in [4.78, 5) is 8.43. The summed E-state index contributed by atoms with van der Waals surface area (Å²) in [7, 11) is 0. The first-order chi connectivity index (χ1) is 10.2. The van der Waals surface area contributed by atoms with Crippen molar-refractivity contribution in [3.63, 3.8) is 0 Å². The van der Waals surface area contributed by atoms with E-state index >= 15 is 0 Å². The molecule has 1 N–H and O–H groups in total. The van der Waals surface area contributed by atoms with E-state index in [4.69, 9.17) is 4.74 Å². The Morgan fingerprint density at radius 1 is 1.05 bits per heavy atom. The maximum absolute atomic E-state index is 10.1. The molecule has 3 aromatic rings. The molecule has 1 atom stereocenters. The summed E-state index contributed by atoms with van der Waals surface area (Å²) >= 11 is 3.39. The Morgan fingerprint density at radius 2 is 1.86 bits per heavy atom. The molecule has 21 heavy (non-hydrogen) atoms. The van der Waals surface area contributed by atoms with Gasteiger partial charge in [0.2, 0.25) is 0 Å². The molecule has 0 saturated carbocycles. The summed E-state index contributed by atoms with van der Waals surface area (Å²) in [6.07, 6.45) is 2.61. The van der Waals surface area contributed by atoms with Crippen LogP contribution >= 0.6 is 15.9 Å². The van der Waals surface area contributed by atoms with E-state index in [0.717, 1.165) is 21.1 Å². The van der Waals surface area contributed by atoms with Crippen molar-refractivity contribution in [2.45, 2.75) is 6.10 Å². The van der Waals surface area contributed by atoms with E-state index in [2.05, 4.69) is 25.9 Å². The van der Waals surface area contributed by atoms with Crippen LogP contribution in [0.1, 0.15) is 11.7 Å². The molecule has 5 heteroatoms. The summed E-state index contributed by atoms with van der Waals surface area (Å²) in [6, 6.07) is 13.0. The van der Waals surface area contributed by atoms with E-state index in [9.17, 15) is 5.11 Å². The number of aliphatic hydroxyl groups excluding tert-OH is 1. The first-order valence-electron chi connectivity index (χ1n) is 6.49. The van der Waals surface area contributed by atoms with Gasteiger partial charge in [-0.2, -0.15) is 0 Å². The smallest absolute Gasteiger partial charge is 0.121 e. The van der Waals surface area contributed by atoms with Gasteiger partial charge in [-0.05, 0) is 29.8 Å². The van der Waals surface area contributed by atoms with Crippen LogP contribution in [0, 0.1) is 0 Å². The quantitative estimate of drug-likeness (QED) is 0.786. The maximum atomic E-state index is 10.1. The normalized spacial score (nSPS) is 12.3. The van der Waals surface area contributed by atoms with Crippen molar-refractivity contribution in [3.05, 3.63) is 64.9 Å². The third-order valence-corrected chi connectivity index (χ3v) is 3.58. The van der Waals surface area contributed by atoms with E-state index in [-0.39, 0.29) is 6.61 Å². The zero-order valence-electron chi connectivity index (χ0n) is 11.1. The Labute approximate surface area is 130 Å². The van der Waals surface area contributed by atoms with Gasteiger partial charge >= 0.3 is 0 Å². The van der Waals surface area contributed by atoms with Gasteiger partial charge in [-0.1, -0.05) is 28.1 Å². The molecule has 0 amide bonds. The van der Waals surface area contributed by atoms with E-state index in [1.54, 1.807) is 12.4 Å². The number of aliphatic hydroxyl groups is 1. The van der Waals surface area contributed by atoms with Gasteiger partial charge in [0, 0.05) is 22.9 Å². The van der Waals surface area contributed by atoms with Crippen molar-refractivity contribution in [2.24, 2.45) is 0 Å². The van der Waals surface area contributed by atoms with Gasteiger partial charge in [0.05, 0.1) is 11.0 Å². The van der Waals surface area contributed by atoms with E-state index in [1.165, 1.54) is 0 Å². The van der Waals surface area contributed by atoms with Crippen LogP contribution in [0.15, 0.2) is 59.3 Å². The fourth-order valence-corrected chi connectivity index (χ4v) is 2.44.